The van der Waals surface area contributed by atoms with Gasteiger partial charge in [0.2, 0.25) is 0 Å². The van der Waals surface area contributed by atoms with Crippen LogP contribution in [0.3, 0.4) is 0 Å². The van der Waals surface area contributed by atoms with Gasteiger partial charge < -0.3 is 0 Å². The minimum Gasteiger partial charge on any atom is -0.227 e. The average Bonchev–Trinajstić information content (AvgIpc) is 2.15. The van der Waals surface area contributed by atoms with Gasteiger partial charge in [-0.3, -0.25) is 0 Å². The molecular weight excluding hydrogens is 224 g/mol. The third-order valence-corrected chi connectivity index (χ3v) is 8.97. The molecule has 6 heteroatoms. The first-order valence-electron chi connectivity index (χ1n) is 4.63. The largest absolute Gasteiger partial charge is 1.00 e. The molecule has 0 aliphatic rings. The van der Waals surface area contributed by atoms with E-state index < -0.39 is 23.8 Å². The van der Waals surface area contributed by atoms with Gasteiger partial charge in [0, 0.05) is 11.5 Å². The van der Waals surface area contributed by atoms with Crippen LogP contribution in [0.25, 0.3) is 0 Å². The maximum atomic E-state index is 11.7. The molecule has 0 rings (SSSR count). The molecule has 0 aromatic rings. The first kappa shape index (κ1) is 13.9. The van der Waals surface area contributed by atoms with Crippen LogP contribution in [0.2, 0.25) is 0 Å². The van der Waals surface area contributed by atoms with Crippen LogP contribution in [0.5, 0.6) is 0 Å². The van der Waals surface area contributed by atoms with E-state index in [-0.39, 0.29) is 19.4 Å². The minimum absolute atomic E-state index is 0. The van der Waals surface area contributed by atoms with Gasteiger partial charge in [-0.15, -0.1) is 0 Å². The highest BCUT2D eigenvalue weighted by atomic mass is 32.3. The first-order chi connectivity index (χ1) is 6.18. The van der Waals surface area contributed by atoms with Crippen LogP contribution in [0, 0.1) is 0 Å². The molecule has 0 aliphatic heterocycles. The molecule has 0 aliphatic carbocycles. The predicted molar refractivity (Wildman–Crippen MR) is 58.7 cm³/mol. The zero-order valence-corrected chi connectivity index (χ0v) is 10.7. The van der Waals surface area contributed by atoms with Crippen LogP contribution in [0.15, 0.2) is 0 Å². The highest BCUT2D eigenvalue weighted by Crippen LogP contribution is 2.29. The van der Waals surface area contributed by atoms with Crippen LogP contribution >= 0.6 is 0 Å². The number of rotatable bonds is 5. The van der Waals surface area contributed by atoms with Crippen molar-refractivity contribution in [1.29, 1.82) is 0 Å². The maximum absolute atomic E-state index is 11.7. The second-order valence-electron chi connectivity index (χ2n) is 3.29. The van der Waals surface area contributed by atoms with Crippen molar-refractivity contribution in [1.82, 2.24) is 0 Å². The molecule has 0 bridgehead atoms. The van der Waals surface area contributed by atoms with Gasteiger partial charge in [-0.05, 0) is 13.3 Å². The van der Waals surface area contributed by atoms with E-state index in [0.717, 1.165) is 0 Å². The number of hydrogen-bond donors (Lipinski definition) is 0. The summed E-state index contributed by atoms with van der Waals surface area (Å²) in [5, 5.41) is 0. The van der Waals surface area contributed by atoms with E-state index in [1.807, 2.05) is 0 Å². The van der Waals surface area contributed by atoms with E-state index in [4.69, 9.17) is 0 Å². The zero-order chi connectivity index (χ0) is 11.6. The summed E-state index contributed by atoms with van der Waals surface area (Å²) in [7, 11) is -7.14. The van der Waals surface area contributed by atoms with E-state index in [9.17, 15) is 16.8 Å². The summed E-state index contributed by atoms with van der Waals surface area (Å²) in [6, 6.07) is 0. The van der Waals surface area contributed by atoms with Gasteiger partial charge in [0.15, 0.2) is 23.8 Å². The molecular formula is C8H19O4S2+. The summed E-state index contributed by atoms with van der Waals surface area (Å²) in [5.41, 5.74) is 0. The smallest absolute Gasteiger partial charge is 0.227 e. The van der Waals surface area contributed by atoms with Gasteiger partial charge in [-0.1, -0.05) is 20.8 Å². The molecule has 0 saturated carbocycles. The standard InChI is InChI=1S/C8H18O4S2/c1-5-8(4,13(9,10)6-2)14(11,12)7-3/h5-7H2,1-4H3/p+1. The summed E-state index contributed by atoms with van der Waals surface area (Å²) >= 11 is 0. The lowest BCUT2D eigenvalue weighted by Crippen LogP contribution is -2.44. The lowest BCUT2D eigenvalue weighted by molar-refractivity contribution is 0.543. The van der Waals surface area contributed by atoms with Crippen LogP contribution in [0.4, 0.5) is 0 Å². The van der Waals surface area contributed by atoms with Gasteiger partial charge in [0.25, 0.3) is 0 Å². The molecule has 14 heavy (non-hydrogen) atoms. The molecule has 0 aromatic heterocycles. The number of hydrogen-bond acceptors (Lipinski definition) is 4. The topological polar surface area (TPSA) is 68.3 Å². The molecule has 0 N–H and O–H groups in total. The van der Waals surface area contributed by atoms with Gasteiger partial charge in [-0.25, -0.2) is 16.8 Å². The molecule has 4 nitrogen and oxygen atoms in total. The molecule has 86 valence electrons. The Hall–Kier alpha value is -0.100. The van der Waals surface area contributed by atoms with Crippen molar-refractivity contribution in [3.63, 3.8) is 0 Å². The van der Waals surface area contributed by atoms with E-state index in [0.29, 0.717) is 0 Å². The van der Waals surface area contributed by atoms with Gasteiger partial charge >= 0.3 is 1.43 Å². The molecule has 0 unspecified atom stereocenters. The van der Waals surface area contributed by atoms with Crippen LogP contribution < -0.4 is 0 Å². The highest BCUT2D eigenvalue weighted by Gasteiger charge is 2.47. The zero-order valence-electron chi connectivity index (χ0n) is 10.1. The molecule has 0 heterocycles. The highest BCUT2D eigenvalue weighted by molar-refractivity contribution is 8.10. The van der Waals surface area contributed by atoms with Gasteiger partial charge in [0.1, 0.15) is 0 Å². The fourth-order valence-corrected chi connectivity index (χ4v) is 5.60. The lowest BCUT2D eigenvalue weighted by atomic mass is 10.4. The van der Waals surface area contributed by atoms with E-state index >= 15 is 0 Å². The summed E-state index contributed by atoms with van der Waals surface area (Å²) < 4.78 is 45.1. The lowest BCUT2D eigenvalue weighted by Gasteiger charge is -2.26. The second kappa shape index (κ2) is 4.18. The normalized spacial score (nSPS) is 14.3. The van der Waals surface area contributed by atoms with Crippen LogP contribution in [0.1, 0.15) is 35.5 Å². The number of sulfone groups is 2. The Labute approximate surface area is 88.0 Å². The summed E-state index contributed by atoms with van der Waals surface area (Å²) in [5.74, 6) is -0.285. The molecule has 0 saturated heterocycles. The van der Waals surface area contributed by atoms with Crippen molar-refractivity contribution in [2.45, 2.75) is 38.2 Å². The summed E-state index contributed by atoms with van der Waals surface area (Å²) in [6.45, 7) is 5.81. The van der Waals surface area contributed by atoms with Crippen LogP contribution in [-0.2, 0) is 19.7 Å². The Morgan fingerprint density at radius 2 is 1.21 bits per heavy atom. The van der Waals surface area contributed by atoms with E-state index in [1.165, 1.54) is 20.8 Å². The van der Waals surface area contributed by atoms with Gasteiger partial charge in [0.05, 0.1) is 0 Å². The molecule has 0 atom stereocenters. The Morgan fingerprint density at radius 1 is 0.929 bits per heavy atom. The first-order valence-corrected chi connectivity index (χ1v) is 7.93. The second-order valence-corrected chi connectivity index (χ2v) is 8.97. The fraction of sp³-hybridized carbons (Fsp3) is 1.00. The molecule has 0 aromatic carbocycles. The minimum atomic E-state index is -3.57. The SMILES string of the molecule is CCC(C)(S(=O)(=O)CC)S(=O)(=O)CC.[H+]. The van der Waals surface area contributed by atoms with Crippen molar-refractivity contribution >= 4 is 19.7 Å². The molecule has 0 radical (unpaired) electrons. The maximum Gasteiger partial charge on any atom is 1.00 e. The van der Waals surface area contributed by atoms with Crippen LogP contribution in [-0.4, -0.2) is 32.4 Å². The Bertz CT molecular complexity index is 349. The Kier molecular flexibility index (Phi) is 4.15. The Morgan fingerprint density at radius 3 is 1.36 bits per heavy atom. The predicted octanol–water partition coefficient (Wildman–Crippen LogP) is 1.09. The molecule has 0 fully saturated rings. The van der Waals surface area contributed by atoms with Crippen molar-refractivity contribution in [3.05, 3.63) is 0 Å². The quantitative estimate of drug-likeness (QED) is 0.725. The van der Waals surface area contributed by atoms with Crippen molar-refractivity contribution in [3.8, 4) is 0 Å². The van der Waals surface area contributed by atoms with Crippen molar-refractivity contribution < 1.29 is 18.3 Å². The fourth-order valence-electron chi connectivity index (χ4n) is 1.24. The van der Waals surface area contributed by atoms with E-state index in [2.05, 4.69) is 0 Å². The van der Waals surface area contributed by atoms with Crippen molar-refractivity contribution in [2.24, 2.45) is 0 Å². The Balaban J connectivity index is 0. The summed E-state index contributed by atoms with van der Waals surface area (Å²) in [6.07, 6.45) is 0.0966. The van der Waals surface area contributed by atoms with Gasteiger partial charge in [-0.2, -0.15) is 0 Å². The monoisotopic (exact) mass is 243 g/mol. The molecule has 0 spiro atoms. The van der Waals surface area contributed by atoms with Crippen molar-refractivity contribution in [2.75, 3.05) is 11.5 Å². The summed E-state index contributed by atoms with van der Waals surface area (Å²) in [4.78, 5) is 0. The molecule has 0 amide bonds. The third-order valence-electron chi connectivity index (χ3n) is 2.72. The van der Waals surface area contributed by atoms with E-state index in [1.54, 1.807) is 6.92 Å². The third kappa shape index (κ3) is 1.95. The average molecular weight is 243 g/mol.